The fourth-order valence-electron chi connectivity index (χ4n) is 1.45. The number of nitrogens with one attached hydrogen (secondary N) is 2. The van der Waals surface area contributed by atoms with Gasteiger partial charge in [-0.25, -0.2) is 4.79 Å². The first-order valence-electron chi connectivity index (χ1n) is 6.02. The van der Waals surface area contributed by atoms with E-state index in [1.807, 2.05) is 13.8 Å². The Hall–Kier alpha value is -2.63. The average molecular weight is 276 g/mol. The summed E-state index contributed by atoms with van der Waals surface area (Å²) in [5, 5.41) is 13.6. The lowest BCUT2D eigenvalue weighted by Crippen LogP contribution is -2.30. The van der Waals surface area contributed by atoms with E-state index in [1.54, 1.807) is 24.3 Å². The summed E-state index contributed by atoms with van der Waals surface area (Å²) in [5.74, 6) is -2.14. The minimum absolute atomic E-state index is 0.0295. The van der Waals surface area contributed by atoms with Crippen LogP contribution in [0.5, 0.6) is 0 Å². The third kappa shape index (κ3) is 4.93. The zero-order chi connectivity index (χ0) is 15.1. The van der Waals surface area contributed by atoms with E-state index >= 15 is 0 Å². The number of amides is 2. The van der Waals surface area contributed by atoms with Gasteiger partial charge in [-0.1, -0.05) is 12.1 Å². The lowest BCUT2D eigenvalue weighted by Gasteiger charge is -2.12. The number of rotatable bonds is 5. The smallest absolute Gasteiger partial charge is 0.328 e. The molecule has 0 aromatic heterocycles. The van der Waals surface area contributed by atoms with E-state index in [9.17, 15) is 14.4 Å². The zero-order valence-electron chi connectivity index (χ0n) is 11.2. The maximum atomic E-state index is 11.9. The molecule has 6 nitrogen and oxygen atoms in total. The molecule has 3 N–H and O–H groups in total. The second-order valence-corrected chi connectivity index (χ2v) is 4.33. The van der Waals surface area contributed by atoms with E-state index in [-0.39, 0.29) is 11.9 Å². The number of hydrogen-bond donors (Lipinski definition) is 3. The summed E-state index contributed by atoms with van der Waals surface area (Å²) < 4.78 is 0. The second-order valence-electron chi connectivity index (χ2n) is 4.33. The van der Waals surface area contributed by atoms with Crippen LogP contribution < -0.4 is 10.6 Å². The molecule has 0 radical (unpaired) electrons. The molecule has 0 saturated heterocycles. The van der Waals surface area contributed by atoms with Gasteiger partial charge in [0.2, 0.25) is 5.91 Å². The Morgan fingerprint density at radius 2 is 1.80 bits per heavy atom. The first kappa shape index (κ1) is 15.4. The Kier molecular flexibility index (Phi) is 5.46. The van der Waals surface area contributed by atoms with Crippen LogP contribution in [0.25, 0.3) is 0 Å². The van der Waals surface area contributed by atoms with Crippen LogP contribution in [0.1, 0.15) is 24.2 Å². The number of hydrogen-bond acceptors (Lipinski definition) is 3. The summed E-state index contributed by atoms with van der Waals surface area (Å²) in [6.45, 7) is 3.66. The SMILES string of the molecule is CC(C)NC(=O)c1ccccc1NC(=O)/C=C/C(=O)O. The molecule has 1 rings (SSSR count). The van der Waals surface area contributed by atoms with Crippen molar-refractivity contribution in [3.8, 4) is 0 Å². The number of benzene rings is 1. The van der Waals surface area contributed by atoms with Crippen molar-refractivity contribution in [2.45, 2.75) is 19.9 Å². The van der Waals surface area contributed by atoms with Crippen molar-refractivity contribution in [2.75, 3.05) is 5.32 Å². The Labute approximate surface area is 116 Å². The van der Waals surface area contributed by atoms with Crippen molar-refractivity contribution in [1.29, 1.82) is 0 Å². The van der Waals surface area contributed by atoms with Crippen LogP contribution in [-0.2, 0) is 9.59 Å². The van der Waals surface area contributed by atoms with Crippen LogP contribution in [0, 0.1) is 0 Å². The lowest BCUT2D eigenvalue weighted by molar-refractivity contribution is -0.131. The van der Waals surface area contributed by atoms with Crippen LogP contribution >= 0.6 is 0 Å². The summed E-state index contributed by atoms with van der Waals surface area (Å²) >= 11 is 0. The van der Waals surface area contributed by atoms with Gasteiger partial charge in [-0.2, -0.15) is 0 Å². The second kappa shape index (κ2) is 7.08. The monoisotopic (exact) mass is 276 g/mol. The van der Waals surface area contributed by atoms with Crippen molar-refractivity contribution in [2.24, 2.45) is 0 Å². The fourth-order valence-corrected chi connectivity index (χ4v) is 1.45. The highest BCUT2D eigenvalue weighted by Crippen LogP contribution is 2.15. The Morgan fingerprint density at radius 3 is 2.40 bits per heavy atom. The molecule has 0 atom stereocenters. The van der Waals surface area contributed by atoms with Gasteiger partial charge in [-0.3, -0.25) is 9.59 Å². The molecular formula is C14H16N2O4. The Morgan fingerprint density at radius 1 is 1.15 bits per heavy atom. The summed E-state index contributed by atoms with van der Waals surface area (Å²) in [6.07, 6.45) is 1.62. The molecule has 20 heavy (non-hydrogen) atoms. The predicted octanol–water partition coefficient (Wildman–Crippen LogP) is 1.40. The largest absolute Gasteiger partial charge is 0.478 e. The molecule has 0 aliphatic rings. The topological polar surface area (TPSA) is 95.5 Å². The van der Waals surface area contributed by atoms with Gasteiger partial charge in [0.15, 0.2) is 0 Å². The molecule has 2 amide bonds. The average Bonchev–Trinajstić information content (AvgIpc) is 2.36. The maximum Gasteiger partial charge on any atom is 0.328 e. The third-order valence-corrected chi connectivity index (χ3v) is 2.23. The molecule has 0 heterocycles. The van der Waals surface area contributed by atoms with Crippen LogP contribution in [0.4, 0.5) is 5.69 Å². The number of carboxylic acid groups (broad SMARTS) is 1. The highest BCUT2D eigenvalue weighted by atomic mass is 16.4. The maximum absolute atomic E-state index is 11.9. The fraction of sp³-hybridized carbons (Fsp3) is 0.214. The van der Waals surface area contributed by atoms with E-state index in [2.05, 4.69) is 10.6 Å². The quantitative estimate of drug-likeness (QED) is 0.708. The zero-order valence-corrected chi connectivity index (χ0v) is 11.2. The van der Waals surface area contributed by atoms with E-state index < -0.39 is 11.9 Å². The van der Waals surface area contributed by atoms with E-state index in [4.69, 9.17) is 5.11 Å². The summed E-state index contributed by atoms with van der Waals surface area (Å²) in [7, 11) is 0. The van der Waals surface area contributed by atoms with Crippen LogP contribution in [0.15, 0.2) is 36.4 Å². The summed E-state index contributed by atoms with van der Waals surface area (Å²) in [6, 6.07) is 6.47. The molecule has 0 saturated carbocycles. The van der Waals surface area contributed by atoms with Gasteiger partial charge in [-0.05, 0) is 26.0 Å². The van der Waals surface area contributed by atoms with Crippen LogP contribution in [0.2, 0.25) is 0 Å². The van der Waals surface area contributed by atoms with E-state index in [1.165, 1.54) is 0 Å². The molecule has 0 bridgehead atoms. The van der Waals surface area contributed by atoms with Crippen molar-refractivity contribution in [3.63, 3.8) is 0 Å². The molecule has 0 spiro atoms. The molecule has 0 unspecified atom stereocenters. The number of aliphatic carboxylic acids is 1. The molecule has 6 heteroatoms. The van der Waals surface area contributed by atoms with Gasteiger partial charge in [0, 0.05) is 18.2 Å². The van der Waals surface area contributed by atoms with Gasteiger partial charge >= 0.3 is 5.97 Å². The van der Waals surface area contributed by atoms with Crippen molar-refractivity contribution in [3.05, 3.63) is 42.0 Å². The summed E-state index contributed by atoms with van der Waals surface area (Å²) in [5.41, 5.74) is 0.643. The molecule has 0 aliphatic carbocycles. The number of para-hydroxylation sites is 1. The molecule has 0 aliphatic heterocycles. The Balaban J connectivity index is 2.88. The molecular weight excluding hydrogens is 260 g/mol. The van der Waals surface area contributed by atoms with Crippen LogP contribution in [0.3, 0.4) is 0 Å². The van der Waals surface area contributed by atoms with Gasteiger partial charge < -0.3 is 15.7 Å². The lowest BCUT2D eigenvalue weighted by atomic mass is 10.1. The standard InChI is InChI=1S/C14H16N2O4/c1-9(2)15-14(20)10-5-3-4-6-11(10)16-12(17)7-8-13(18)19/h3-9H,1-2H3,(H,15,20)(H,16,17)(H,18,19)/b8-7+. The van der Waals surface area contributed by atoms with Crippen molar-refractivity contribution in [1.82, 2.24) is 5.32 Å². The highest BCUT2D eigenvalue weighted by Gasteiger charge is 2.12. The van der Waals surface area contributed by atoms with Crippen LogP contribution in [-0.4, -0.2) is 28.9 Å². The minimum Gasteiger partial charge on any atom is -0.478 e. The number of carboxylic acids is 1. The van der Waals surface area contributed by atoms with Crippen molar-refractivity contribution < 1.29 is 19.5 Å². The Bertz CT molecular complexity index is 550. The van der Waals surface area contributed by atoms with Gasteiger partial charge in [0.05, 0.1) is 11.3 Å². The molecule has 1 aromatic rings. The van der Waals surface area contributed by atoms with Gasteiger partial charge in [0.25, 0.3) is 5.91 Å². The van der Waals surface area contributed by atoms with Crippen molar-refractivity contribution >= 4 is 23.5 Å². The predicted molar refractivity (Wildman–Crippen MR) is 74.4 cm³/mol. The molecule has 0 fully saturated rings. The molecule has 1 aromatic carbocycles. The highest BCUT2D eigenvalue weighted by molar-refractivity contribution is 6.07. The molecule has 106 valence electrons. The van der Waals surface area contributed by atoms with E-state index in [0.717, 1.165) is 12.2 Å². The van der Waals surface area contributed by atoms with Gasteiger partial charge in [-0.15, -0.1) is 0 Å². The normalized spacial score (nSPS) is 10.6. The van der Waals surface area contributed by atoms with E-state index in [0.29, 0.717) is 11.3 Å². The number of carbonyl (C=O) groups is 3. The minimum atomic E-state index is -1.22. The number of carbonyl (C=O) groups excluding carboxylic acids is 2. The third-order valence-electron chi connectivity index (χ3n) is 2.23. The summed E-state index contributed by atoms with van der Waals surface area (Å²) in [4.78, 5) is 33.8. The first-order valence-corrected chi connectivity index (χ1v) is 6.02. The first-order chi connectivity index (χ1) is 9.40. The number of anilines is 1. The van der Waals surface area contributed by atoms with Gasteiger partial charge in [0.1, 0.15) is 0 Å².